The number of ether oxygens (including phenoxy) is 1. The van der Waals surface area contributed by atoms with Gasteiger partial charge in [-0.1, -0.05) is 6.07 Å². The average molecular weight is 358 g/mol. The third-order valence-corrected chi connectivity index (χ3v) is 4.71. The molecule has 1 heterocycles. The van der Waals surface area contributed by atoms with Crippen molar-refractivity contribution < 1.29 is 24.4 Å². The molecule has 0 radical (unpaired) electrons. The van der Waals surface area contributed by atoms with Crippen molar-refractivity contribution in [1.82, 2.24) is 5.32 Å². The number of nitro benzene ring substituents is 1. The first-order valence-electron chi connectivity index (χ1n) is 8.14. The number of hydrogen-bond donors (Lipinski definition) is 2. The quantitative estimate of drug-likeness (QED) is 0.484. The lowest BCUT2D eigenvalue weighted by molar-refractivity contribution is -0.385. The predicted octanol–water partition coefficient (Wildman–Crippen LogP) is 2.44. The van der Waals surface area contributed by atoms with Crippen LogP contribution in [-0.2, 0) is 14.3 Å². The Kier molecular flexibility index (Phi) is 4.50. The lowest BCUT2D eigenvalue weighted by Crippen LogP contribution is -2.34. The summed E-state index contributed by atoms with van der Waals surface area (Å²) in [6.07, 6.45) is 1.71. The fourth-order valence-electron chi connectivity index (χ4n) is 3.56. The van der Waals surface area contributed by atoms with Crippen molar-refractivity contribution in [2.75, 3.05) is 7.11 Å². The summed E-state index contributed by atoms with van der Waals surface area (Å²) in [5.74, 6) is -1.96. The number of esters is 1. The second kappa shape index (κ2) is 6.62. The molecular weight excluding hydrogens is 340 g/mol. The van der Waals surface area contributed by atoms with E-state index in [0.717, 1.165) is 5.70 Å². The summed E-state index contributed by atoms with van der Waals surface area (Å²) in [5, 5.41) is 24.0. The molecule has 8 nitrogen and oxygen atoms in total. The minimum Gasteiger partial charge on any atom is -0.502 e. The van der Waals surface area contributed by atoms with E-state index in [1.54, 1.807) is 6.92 Å². The van der Waals surface area contributed by atoms with E-state index in [0.29, 0.717) is 36.1 Å². The molecule has 1 aromatic carbocycles. The monoisotopic (exact) mass is 358 g/mol. The molecule has 0 spiro atoms. The fraction of sp³-hybridized carbons (Fsp3) is 0.333. The number of rotatable bonds is 3. The van der Waals surface area contributed by atoms with Gasteiger partial charge in [0.25, 0.3) is 0 Å². The van der Waals surface area contributed by atoms with E-state index in [2.05, 4.69) is 5.32 Å². The number of nitro groups is 1. The molecule has 1 atom stereocenters. The minimum absolute atomic E-state index is 0.103. The number of allylic oxidation sites excluding steroid dienone is 3. The summed E-state index contributed by atoms with van der Waals surface area (Å²) in [4.78, 5) is 35.5. The average Bonchev–Trinajstić information content (AvgIpc) is 2.60. The maximum Gasteiger partial charge on any atom is 0.336 e. The van der Waals surface area contributed by atoms with E-state index < -0.39 is 28.2 Å². The molecule has 3 rings (SSSR count). The first kappa shape index (κ1) is 17.7. The molecular formula is C18H18N2O6. The number of hydrogen-bond acceptors (Lipinski definition) is 7. The number of benzene rings is 1. The zero-order chi connectivity index (χ0) is 19.0. The lowest BCUT2D eigenvalue weighted by Gasteiger charge is -2.33. The summed E-state index contributed by atoms with van der Waals surface area (Å²) >= 11 is 0. The van der Waals surface area contributed by atoms with E-state index in [1.807, 2.05) is 0 Å². The molecule has 1 aliphatic heterocycles. The highest BCUT2D eigenvalue weighted by Crippen LogP contribution is 2.44. The molecule has 2 aliphatic rings. The molecule has 0 bridgehead atoms. The Morgan fingerprint density at radius 3 is 2.77 bits per heavy atom. The normalized spacial score (nSPS) is 19.8. The third-order valence-electron chi connectivity index (χ3n) is 4.71. The Morgan fingerprint density at radius 2 is 2.12 bits per heavy atom. The number of nitrogens with zero attached hydrogens (tertiary/aromatic N) is 1. The smallest absolute Gasteiger partial charge is 0.336 e. The van der Waals surface area contributed by atoms with Gasteiger partial charge in [-0.25, -0.2) is 4.79 Å². The van der Waals surface area contributed by atoms with Crippen LogP contribution in [0.25, 0.3) is 0 Å². The number of Topliss-reactive ketones (excluding diaryl/α,β-unsaturated/α-hetero) is 1. The number of phenols is 1. The van der Waals surface area contributed by atoms with E-state index in [-0.39, 0.29) is 11.4 Å². The van der Waals surface area contributed by atoms with Gasteiger partial charge in [-0.15, -0.1) is 0 Å². The second-order valence-corrected chi connectivity index (χ2v) is 6.26. The Labute approximate surface area is 149 Å². The molecule has 0 saturated carbocycles. The van der Waals surface area contributed by atoms with Gasteiger partial charge in [-0.3, -0.25) is 14.9 Å². The lowest BCUT2D eigenvalue weighted by atomic mass is 9.75. The van der Waals surface area contributed by atoms with Crippen LogP contribution in [0.4, 0.5) is 5.69 Å². The molecule has 1 aliphatic carbocycles. The molecule has 0 amide bonds. The summed E-state index contributed by atoms with van der Waals surface area (Å²) in [6, 6.07) is 3.89. The van der Waals surface area contributed by atoms with E-state index in [1.165, 1.54) is 25.3 Å². The SMILES string of the molecule is COC(=O)C1=C(C)NC2=C(C(=O)CCC2)[C@@H]1c1ccc(O)c([N+](=O)[O-])c1. The number of carbonyl (C=O) groups is 2. The topological polar surface area (TPSA) is 119 Å². The molecule has 0 unspecified atom stereocenters. The van der Waals surface area contributed by atoms with Crippen molar-refractivity contribution in [2.45, 2.75) is 32.1 Å². The number of phenolic OH excluding ortho intramolecular Hbond substituents is 1. The maximum absolute atomic E-state index is 12.6. The van der Waals surface area contributed by atoms with Crippen LogP contribution in [0.1, 0.15) is 37.7 Å². The van der Waals surface area contributed by atoms with Crippen molar-refractivity contribution in [3.63, 3.8) is 0 Å². The van der Waals surface area contributed by atoms with Gasteiger partial charge >= 0.3 is 11.7 Å². The molecule has 0 saturated heterocycles. The van der Waals surface area contributed by atoms with Gasteiger partial charge in [0.05, 0.1) is 17.6 Å². The first-order valence-corrected chi connectivity index (χ1v) is 8.14. The van der Waals surface area contributed by atoms with Gasteiger partial charge in [0.15, 0.2) is 11.5 Å². The van der Waals surface area contributed by atoms with Gasteiger partial charge in [0.1, 0.15) is 0 Å². The Hall–Kier alpha value is -3.16. The van der Waals surface area contributed by atoms with E-state index in [9.17, 15) is 24.8 Å². The van der Waals surface area contributed by atoms with Crippen LogP contribution in [-0.4, -0.2) is 28.9 Å². The standard InChI is InChI=1S/C18H18N2O6/c1-9-15(18(23)26-2)16(17-11(19-9)4-3-5-14(17)22)10-6-7-13(21)12(8-10)20(24)25/h6-8,16,19,21H,3-5H2,1-2H3/t16-/m1/s1. The number of aromatic hydroxyl groups is 1. The zero-order valence-corrected chi connectivity index (χ0v) is 14.4. The Bertz CT molecular complexity index is 884. The largest absolute Gasteiger partial charge is 0.502 e. The Morgan fingerprint density at radius 1 is 1.38 bits per heavy atom. The second-order valence-electron chi connectivity index (χ2n) is 6.26. The molecule has 1 aromatic rings. The van der Waals surface area contributed by atoms with Crippen LogP contribution in [0.15, 0.2) is 40.7 Å². The number of ketones is 1. The number of methoxy groups -OCH3 is 1. The van der Waals surface area contributed by atoms with Gasteiger partial charge < -0.3 is 15.2 Å². The molecule has 2 N–H and O–H groups in total. The summed E-state index contributed by atoms with van der Waals surface area (Å²) < 4.78 is 4.87. The molecule has 136 valence electrons. The van der Waals surface area contributed by atoms with Crippen LogP contribution in [0, 0.1) is 10.1 Å². The van der Waals surface area contributed by atoms with Crippen molar-refractivity contribution in [3.8, 4) is 5.75 Å². The van der Waals surface area contributed by atoms with Gasteiger partial charge in [-0.2, -0.15) is 0 Å². The van der Waals surface area contributed by atoms with Crippen molar-refractivity contribution in [2.24, 2.45) is 0 Å². The summed E-state index contributed by atoms with van der Waals surface area (Å²) in [5.41, 5.74) is 1.86. The Balaban J connectivity index is 2.24. The highest BCUT2D eigenvalue weighted by atomic mass is 16.6. The highest BCUT2D eigenvalue weighted by molar-refractivity contribution is 6.03. The van der Waals surface area contributed by atoms with Crippen molar-refractivity contribution in [3.05, 3.63) is 56.4 Å². The fourth-order valence-corrected chi connectivity index (χ4v) is 3.56. The van der Waals surface area contributed by atoms with Crippen LogP contribution in [0.3, 0.4) is 0 Å². The minimum atomic E-state index is -0.772. The maximum atomic E-state index is 12.6. The van der Waals surface area contributed by atoms with Gasteiger partial charge in [0.2, 0.25) is 0 Å². The highest BCUT2D eigenvalue weighted by Gasteiger charge is 2.39. The molecule has 0 fully saturated rings. The van der Waals surface area contributed by atoms with Gasteiger partial charge in [0, 0.05) is 35.4 Å². The zero-order valence-electron chi connectivity index (χ0n) is 14.4. The predicted molar refractivity (Wildman–Crippen MR) is 91.2 cm³/mol. The van der Waals surface area contributed by atoms with Crippen LogP contribution < -0.4 is 5.32 Å². The number of nitrogens with one attached hydrogen (secondary N) is 1. The summed E-state index contributed by atoms with van der Waals surface area (Å²) in [6.45, 7) is 1.71. The third kappa shape index (κ3) is 2.83. The molecule has 0 aromatic heterocycles. The number of carbonyl (C=O) groups excluding carboxylic acids is 2. The van der Waals surface area contributed by atoms with Gasteiger partial charge in [-0.05, 0) is 31.4 Å². The van der Waals surface area contributed by atoms with E-state index in [4.69, 9.17) is 4.74 Å². The first-order chi connectivity index (χ1) is 12.3. The van der Waals surface area contributed by atoms with Crippen LogP contribution in [0.5, 0.6) is 5.75 Å². The van der Waals surface area contributed by atoms with Crippen molar-refractivity contribution >= 4 is 17.4 Å². The summed E-state index contributed by atoms with van der Waals surface area (Å²) in [7, 11) is 1.24. The van der Waals surface area contributed by atoms with Crippen LogP contribution in [0.2, 0.25) is 0 Å². The molecule has 8 heteroatoms. The van der Waals surface area contributed by atoms with Crippen LogP contribution >= 0.6 is 0 Å². The number of dihydropyridines is 1. The van der Waals surface area contributed by atoms with Crippen molar-refractivity contribution in [1.29, 1.82) is 0 Å². The molecule has 26 heavy (non-hydrogen) atoms. The van der Waals surface area contributed by atoms with E-state index >= 15 is 0 Å².